The molecule has 0 aliphatic heterocycles. The van der Waals surface area contributed by atoms with Crippen molar-refractivity contribution >= 4 is 0 Å². The van der Waals surface area contributed by atoms with Gasteiger partial charge in [0.2, 0.25) is 0 Å². The third kappa shape index (κ3) is 7.54. The van der Waals surface area contributed by atoms with E-state index in [-0.39, 0.29) is 12.7 Å². The molecule has 4 atom stereocenters. The Kier molecular flexibility index (Phi) is 11.2. The molecule has 0 amide bonds. The smallest absolute Gasteiger partial charge is 0.0593 e. The summed E-state index contributed by atoms with van der Waals surface area (Å²) < 4.78 is 0. The Balaban J connectivity index is 0.000000271. The van der Waals surface area contributed by atoms with Gasteiger partial charge in [0.05, 0.1) is 6.10 Å². The fourth-order valence-corrected chi connectivity index (χ4v) is 5.03. The van der Waals surface area contributed by atoms with Crippen LogP contribution in [0.3, 0.4) is 0 Å². The maximum Gasteiger partial charge on any atom is 0.0593 e. The van der Waals surface area contributed by atoms with E-state index in [9.17, 15) is 5.11 Å². The van der Waals surface area contributed by atoms with Gasteiger partial charge < -0.3 is 20.4 Å². The Morgan fingerprint density at radius 1 is 0.840 bits per heavy atom. The van der Waals surface area contributed by atoms with E-state index >= 15 is 0 Å². The number of hydrogen-bond donors (Lipinski definition) is 4. The summed E-state index contributed by atoms with van der Waals surface area (Å²) in [6.07, 6.45) is 8.30. The van der Waals surface area contributed by atoms with Gasteiger partial charge in [0, 0.05) is 19.8 Å². The van der Waals surface area contributed by atoms with Crippen molar-refractivity contribution in [1.82, 2.24) is 0 Å². The standard InChI is InChI=1S/C13H26O2.C8H16O2/c1-9(2)13-10(3)5-4-6-11(13)12(15)7-8-14;9-5-7-1-2-8(6-10)4-3-7/h9-15H,4-8H2,1-3H3;7-10H,1-6H2. The van der Waals surface area contributed by atoms with Gasteiger partial charge in [0.1, 0.15) is 0 Å². The first kappa shape index (κ1) is 22.9. The first-order valence-corrected chi connectivity index (χ1v) is 10.4. The normalized spacial score (nSPS) is 34.3. The van der Waals surface area contributed by atoms with Gasteiger partial charge in [-0.15, -0.1) is 0 Å². The highest BCUT2D eigenvalue weighted by atomic mass is 16.3. The third-order valence-electron chi connectivity index (χ3n) is 6.52. The minimum atomic E-state index is -0.301. The molecule has 2 aliphatic rings. The molecule has 0 heterocycles. The van der Waals surface area contributed by atoms with Crippen molar-refractivity contribution in [2.24, 2.45) is 35.5 Å². The fraction of sp³-hybridized carbons (Fsp3) is 1.00. The van der Waals surface area contributed by atoms with E-state index in [1.165, 1.54) is 12.8 Å². The van der Waals surface area contributed by atoms with Crippen molar-refractivity contribution in [3.63, 3.8) is 0 Å². The molecule has 4 unspecified atom stereocenters. The minimum Gasteiger partial charge on any atom is -0.396 e. The minimum absolute atomic E-state index is 0.108. The number of rotatable bonds is 6. The van der Waals surface area contributed by atoms with Gasteiger partial charge in [-0.2, -0.15) is 0 Å². The lowest BCUT2D eigenvalue weighted by molar-refractivity contribution is -0.00648. The van der Waals surface area contributed by atoms with E-state index < -0.39 is 0 Å². The van der Waals surface area contributed by atoms with Gasteiger partial charge in [-0.25, -0.2) is 0 Å². The van der Waals surface area contributed by atoms with Crippen LogP contribution in [0, 0.1) is 35.5 Å². The van der Waals surface area contributed by atoms with E-state index in [1.807, 2.05) is 0 Å². The lowest BCUT2D eigenvalue weighted by Gasteiger charge is -2.41. The van der Waals surface area contributed by atoms with Crippen LogP contribution in [0.4, 0.5) is 0 Å². The third-order valence-corrected chi connectivity index (χ3v) is 6.52. The summed E-state index contributed by atoms with van der Waals surface area (Å²) in [5, 5.41) is 36.5. The molecule has 4 nitrogen and oxygen atoms in total. The van der Waals surface area contributed by atoms with Crippen molar-refractivity contribution in [2.45, 2.75) is 78.2 Å². The zero-order valence-electron chi connectivity index (χ0n) is 16.6. The summed E-state index contributed by atoms with van der Waals surface area (Å²) in [7, 11) is 0. The zero-order valence-corrected chi connectivity index (χ0v) is 16.6. The highest BCUT2D eigenvalue weighted by Crippen LogP contribution is 2.41. The lowest BCUT2D eigenvalue weighted by Crippen LogP contribution is -2.38. The van der Waals surface area contributed by atoms with Crippen LogP contribution in [0.25, 0.3) is 0 Å². The van der Waals surface area contributed by atoms with Crippen molar-refractivity contribution in [3.05, 3.63) is 0 Å². The molecule has 2 saturated carbocycles. The van der Waals surface area contributed by atoms with Crippen molar-refractivity contribution < 1.29 is 20.4 Å². The molecule has 0 aromatic carbocycles. The van der Waals surface area contributed by atoms with Gasteiger partial charge in [-0.1, -0.05) is 33.6 Å². The molecule has 150 valence electrons. The maximum atomic E-state index is 10.1. The highest BCUT2D eigenvalue weighted by molar-refractivity contribution is 4.86. The van der Waals surface area contributed by atoms with Crippen molar-refractivity contribution in [2.75, 3.05) is 19.8 Å². The molecule has 0 saturated heterocycles. The summed E-state index contributed by atoms with van der Waals surface area (Å²) in [6.45, 7) is 7.59. The van der Waals surface area contributed by atoms with E-state index in [1.54, 1.807) is 0 Å². The van der Waals surface area contributed by atoms with Crippen molar-refractivity contribution in [3.8, 4) is 0 Å². The summed E-state index contributed by atoms with van der Waals surface area (Å²) in [6, 6.07) is 0. The summed E-state index contributed by atoms with van der Waals surface area (Å²) >= 11 is 0. The van der Waals surface area contributed by atoms with Crippen LogP contribution in [0.15, 0.2) is 0 Å². The Bertz CT molecular complexity index is 314. The second kappa shape index (κ2) is 12.3. The Hall–Kier alpha value is -0.160. The monoisotopic (exact) mass is 358 g/mol. The molecule has 2 aliphatic carbocycles. The van der Waals surface area contributed by atoms with Crippen LogP contribution in [0.1, 0.15) is 72.1 Å². The molecule has 2 rings (SSSR count). The van der Waals surface area contributed by atoms with Gasteiger partial charge in [-0.3, -0.25) is 0 Å². The molecule has 0 aromatic heterocycles. The van der Waals surface area contributed by atoms with Crippen LogP contribution in [0.2, 0.25) is 0 Å². The second-order valence-corrected chi connectivity index (χ2v) is 8.72. The van der Waals surface area contributed by atoms with E-state index in [4.69, 9.17) is 15.3 Å². The summed E-state index contributed by atoms with van der Waals surface area (Å²) in [4.78, 5) is 0. The predicted molar refractivity (Wildman–Crippen MR) is 102 cm³/mol. The van der Waals surface area contributed by atoms with Crippen molar-refractivity contribution in [1.29, 1.82) is 0 Å². The topological polar surface area (TPSA) is 80.9 Å². The van der Waals surface area contributed by atoms with Crippen LogP contribution in [-0.2, 0) is 0 Å². The quantitative estimate of drug-likeness (QED) is 0.588. The highest BCUT2D eigenvalue weighted by Gasteiger charge is 2.36. The average Bonchev–Trinajstić information content (AvgIpc) is 2.62. The first-order valence-electron chi connectivity index (χ1n) is 10.4. The van der Waals surface area contributed by atoms with Gasteiger partial charge >= 0.3 is 0 Å². The molecular formula is C21H42O4. The SMILES string of the molecule is CC(C)C1C(C)CCCC1C(O)CCO.OCC1CCC(CO)CC1. The summed E-state index contributed by atoms with van der Waals surface area (Å²) in [5.41, 5.74) is 0. The average molecular weight is 359 g/mol. The van der Waals surface area contributed by atoms with Crippen LogP contribution in [0.5, 0.6) is 0 Å². The zero-order chi connectivity index (χ0) is 18.8. The molecule has 0 spiro atoms. The molecule has 0 aromatic rings. The molecule has 2 fully saturated rings. The maximum absolute atomic E-state index is 10.1. The molecule has 4 N–H and O–H groups in total. The Morgan fingerprint density at radius 2 is 1.36 bits per heavy atom. The van der Waals surface area contributed by atoms with E-state index in [2.05, 4.69) is 20.8 Å². The fourth-order valence-electron chi connectivity index (χ4n) is 5.03. The number of aliphatic hydroxyl groups is 4. The van der Waals surface area contributed by atoms with Crippen LogP contribution >= 0.6 is 0 Å². The van der Waals surface area contributed by atoms with E-state index in [0.717, 1.165) is 38.0 Å². The van der Waals surface area contributed by atoms with Crippen LogP contribution in [-0.4, -0.2) is 46.4 Å². The molecule has 0 radical (unpaired) electrons. The molecule has 25 heavy (non-hydrogen) atoms. The molecular weight excluding hydrogens is 316 g/mol. The number of hydrogen-bond acceptors (Lipinski definition) is 4. The predicted octanol–water partition coefficient (Wildman–Crippen LogP) is 3.22. The first-order chi connectivity index (χ1) is 11.9. The Labute approximate surface area is 154 Å². The van der Waals surface area contributed by atoms with E-state index in [0.29, 0.717) is 49.2 Å². The second-order valence-electron chi connectivity index (χ2n) is 8.72. The largest absolute Gasteiger partial charge is 0.396 e. The lowest BCUT2D eigenvalue weighted by atomic mass is 9.65. The number of aliphatic hydroxyl groups excluding tert-OH is 4. The van der Waals surface area contributed by atoms with Gasteiger partial charge in [-0.05, 0) is 74.0 Å². The Morgan fingerprint density at radius 3 is 1.76 bits per heavy atom. The van der Waals surface area contributed by atoms with Gasteiger partial charge in [0.15, 0.2) is 0 Å². The molecule has 4 heteroatoms. The summed E-state index contributed by atoms with van der Waals surface area (Å²) in [5.74, 6) is 3.42. The van der Waals surface area contributed by atoms with Crippen LogP contribution < -0.4 is 0 Å². The van der Waals surface area contributed by atoms with Gasteiger partial charge in [0.25, 0.3) is 0 Å². The molecule has 0 bridgehead atoms.